The van der Waals surface area contributed by atoms with Crippen molar-refractivity contribution in [2.75, 3.05) is 4.90 Å². The van der Waals surface area contributed by atoms with Crippen molar-refractivity contribution in [1.82, 2.24) is 4.57 Å². The molecule has 0 radical (unpaired) electrons. The first-order chi connectivity index (χ1) is 30.2. The summed E-state index contributed by atoms with van der Waals surface area (Å²) >= 11 is 1.86. The van der Waals surface area contributed by atoms with E-state index in [4.69, 9.17) is 0 Å². The van der Waals surface area contributed by atoms with Crippen LogP contribution in [-0.2, 0) is 0 Å². The fourth-order valence-corrected chi connectivity index (χ4v) is 10.4. The van der Waals surface area contributed by atoms with Gasteiger partial charge < -0.3 is 9.47 Å². The SMILES string of the molecule is c1cc(N(c2ccc(-c3ccc(-c4ccc5ccccc5c4)cc3)cc2)c2ccccc2-c2ccc3c(c2)sc2ccccc23)cc(-n2c3ccccc3c3ccccc32)c1. The van der Waals surface area contributed by atoms with E-state index >= 15 is 0 Å². The highest BCUT2D eigenvalue weighted by molar-refractivity contribution is 7.25. The van der Waals surface area contributed by atoms with Crippen LogP contribution in [0.4, 0.5) is 17.1 Å². The van der Waals surface area contributed by atoms with E-state index in [0.29, 0.717) is 0 Å². The molecule has 0 fully saturated rings. The zero-order valence-corrected chi connectivity index (χ0v) is 34.1. The fourth-order valence-electron chi connectivity index (χ4n) is 9.23. The second-order valence-electron chi connectivity index (χ2n) is 15.7. The topological polar surface area (TPSA) is 8.17 Å². The molecule has 10 aromatic carbocycles. The molecule has 0 N–H and O–H groups in total. The maximum absolute atomic E-state index is 2.43. The Morgan fingerprint density at radius 2 is 0.902 bits per heavy atom. The van der Waals surface area contributed by atoms with Gasteiger partial charge in [-0.25, -0.2) is 0 Å². The van der Waals surface area contributed by atoms with Gasteiger partial charge in [-0.05, 0) is 105 Å². The first-order valence-corrected chi connectivity index (χ1v) is 21.6. The molecule has 0 unspecified atom stereocenters. The standard InChI is InChI=1S/C58H38N2S/c1-2-13-43-36-44(29-28-39(43)12-1)42-26-24-40(25-27-42)41-30-33-46(34-31-41)59(47-14-11-15-48(38-47)60-55-21-8-4-17-50(55)51-18-5-9-22-56(51)60)54-20-7-3-16-49(54)45-32-35-53-52-19-6-10-23-57(52)61-58(53)37-45/h1-38H. The van der Waals surface area contributed by atoms with Gasteiger partial charge in [-0.15, -0.1) is 11.3 Å². The molecule has 286 valence electrons. The van der Waals surface area contributed by atoms with Crippen LogP contribution >= 0.6 is 11.3 Å². The van der Waals surface area contributed by atoms with Crippen molar-refractivity contribution in [1.29, 1.82) is 0 Å². The Morgan fingerprint density at radius 3 is 1.67 bits per heavy atom. The fraction of sp³-hybridized carbons (Fsp3) is 0. The van der Waals surface area contributed by atoms with Crippen molar-refractivity contribution < 1.29 is 0 Å². The molecule has 0 atom stereocenters. The Morgan fingerprint density at radius 1 is 0.328 bits per heavy atom. The summed E-state index contributed by atoms with van der Waals surface area (Å²) in [4.78, 5) is 2.43. The van der Waals surface area contributed by atoms with Crippen LogP contribution in [-0.4, -0.2) is 4.57 Å². The molecular formula is C58H38N2S. The zero-order chi connectivity index (χ0) is 40.3. The Labute approximate surface area is 358 Å². The van der Waals surface area contributed by atoms with Gasteiger partial charge in [0.15, 0.2) is 0 Å². The van der Waals surface area contributed by atoms with Gasteiger partial charge in [-0.1, -0.05) is 164 Å². The zero-order valence-electron chi connectivity index (χ0n) is 33.2. The Balaban J connectivity index is 0.980. The number of nitrogens with zero attached hydrogens (tertiary/aromatic N) is 2. The van der Waals surface area contributed by atoms with Gasteiger partial charge in [0.1, 0.15) is 0 Å². The summed E-state index contributed by atoms with van der Waals surface area (Å²) in [5, 5.41) is 7.64. The van der Waals surface area contributed by atoms with Crippen molar-refractivity contribution in [3.63, 3.8) is 0 Å². The quantitative estimate of drug-likeness (QED) is 0.156. The number of hydrogen-bond acceptors (Lipinski definition) is 2. The van der Waals surface area contributed by atoms with Gasteiger partial charge in [-0.3, -0.25) is 0 Å². The normalized spacial score (nSPS) is 11.6. The van der Waals surface area contributed by atoms with E-state index in [1.807, 2.05) is 11.3 Å². The number of rotatable bonds is 7. The van der Waals surface area contributed by atoms with Crippen LogP contribution in [0.5, 0.6) is 0 Å². The molecule has 12 rings (SSSR count). The van der Waals surface area contributed by atoms with Crippen LogP contribution in [0.25, 0.3) is 91.8 Å². The average molecular weight is 795 g/mol. The van der Waals surface area contributed by atoms with Crippen LogP contribution in [0.15, 0.2) is 231 Å². The van der Waals surface area contributed by atoms with E-state index in [1.54, 1.807) is 0 Å². The Bertz CT molecular complexity index is 3540. The summed E-state index contributed by atoms with van der Waals surface area (Å²) in [6, 6.07) is 84.2. The van der Waals surface area contributed by atoms with Gasteiger partial charge in [0.25, 0.3) is 0 Å². The molecule has 0 aliphatic carbocycles. The lowest BCUT2D eigenvalue weighted by atomic mass is 9.98. The number of benzene rings is 10. The number of thiophene rings is 1. The van der Waals surface area contributed by atoms with Crippen molar-refractivity contribution in [2.45, 2.75) is 0 Å². The molecule has 0 spiro atoms. The predicted molar refractivity (Wildman–Crippen MR) is 262 cm³/mol. The third-order valence-corrected chi connectivity index (χ3v) is 13.3. The monoisotopic (exact) mass is 794 g/mol. The summed E-state index contributed by atoms with van der Waals surface area (Å²) in [5.74, 6) is 0. The van der Waals surface area contributed by atoms with Crippen molar-refractivity contribution in [3.05, 3.63) is 231 Å². The van der Waals surface area contributed by atoms with Gasteiger partial charge in [0.05, 0.1) is 16.7 Å². The molecule has 2 heterocycles. The van der Waals surface area contributed by atoms with E-state index in [9.17, 15) is 0 Å². The van der Waals surface area contributed by atoms with Gasteiger partial charge in [0, 0.05) is 53.6 Å². The third kappa shape index (κ3) is 6.09. The highest BCUT2D eigenvalue weighted by atomic mass is 32.1. The van der Waals surface area contributed by atoms with E-state index in [-0.39, 0.29) is 0 Å². The molecule has 3 heteroatoms. The van der Waals surface area contributed by atoms with Crippen molar-refractivity contribution in [3.8, 4) is 39.1 Å². The third-order valence-electron chi connectivity index (χ3n) is 12.2. The van der Waals surface area contributed by atoms with Crippen molar-refractivity contribution >= 4 is 81.1 Å². The van der Waals surface area contributed by atoms with E-state index in [0.717, 1.165) is 22.7 Å². The lowest BCUT2D eigenvalue weighted by Gasteiger charge is -2.28. The highest BCUT2D eigenvalue weighted by Gasteiger charge is 2.20. The molecule has 0 saturated carbocycles. The Hall–Kier alpha value is -7.72. The van der Waals surface area contributed by atoms with Crippen LogP contribution in [0, 0.1) is 0 Å². The molecule has 0 aliphatic heterocycles. The molecule has 0 saturated heterocycles. The van der Waals surface area contributed by atoms with Gasteiger partial charge >= 0.3 is 0 Å². The van der Waals surface area contributed by atoms with Crippen LogP contribution in [0.3, 0.4) is 0 Å². The first-order valence-electron chi connectivity index (χ1n) is 20.8. The summed E-state index contributed by atoms with van der Waals surface area (Å²) in [7, 11) is 0. The number of fused-ring (bicyclic) bond motifs is 7. The predicted octanol–water partition coefficient (Wildman–Crippen LogP) is 16.8. The van der Waals surface area contributed by atoms with E-state index < -0.39 is 0 Å². The van der Waals surface area contributed by atoms with Gasteiger partial charge in [-0.2, -0.15) is 0 Å². The molecule has 0 amide bonds. The lowest BCUT2D eigenvalue weighted by Crippen LogP contribution is -2.11. The maximum atomic E-state index is 2.43. The van der Waals surface area contributed by atoms with Gasteiger partial charge in [0.2, 0.25) is 0 Å². The smallest absolute Gasteiger partial charge is 0.0541 e. The molecule has 12 aromatic rings. The van der Waals surface area contributed by atoms with Crippen molar-refractivity contribution in [2.24, 2.45) is 0 Å². The number of para-hydroxylation sites is 3. The largest absolute Gasteiger partial charge is 0.310 e. The van der Waals surface area contributed by atoms with Crippen LogP contribution in [0.1, 0.15) is 0 Å². The van der Waals surface area contributed by atoms with Crippen LogP contribution < -0.4 is 4.90 Å². The first kappa shape index (κ1) is 35.2. The Kier molecular flexibility index (Phi) is 8.39. The minimum Gasteiger partial charge on any atom is -0.310 e. The van der Waals surface area contributed by atoms with Crippen LogP contribution in [0.2, 0.25) is 0 Å². The minimum atomic E-state index is 1.09. The number of aromatic nitrogens is 1. The summed E-state index contributed by atoms with van der Waals surface area (Å²) in [6.07, 6.45) is 0. The second kappa shape index (κ2) is 14.5. The average Bonchev–Trinajstić information content (AvgIpc) is 3.88. The molecule has 0 bridgehead atoms. The summed E-state index contributed by atoms with van der Waals surface area (Å²) < 4.78 is 5.01. The molecule has 0 aliphatic rings. The highest BCUT2D eigenvalue weighted by Crippen LogP contribution is 2.44. The molecule has 2 nitrogen and oxygen atoms in total. The minimum absolute atomic E-state index is 1.09. The number of anilines is 3. The number of hydrogen-bond donors (Lipinski definition) is 0. The van der Waals surface area contributed by atoms with E-state index in [2.05, 4.69) is 240 Å². The second-order valence-corrected chi connectivity index (χ2v) is 16.8. The molecular weight excluding hydrogens is 757 g/mol. The van der Waals surface area contributed by atoms with E-state index in [1.165, 1.54) is 86.1 Å². The molecule has 61 heavy (non-hydrogen) atoms. The summed E-state index contributed by atoms with van der Waals surface area (Å²) in [6.45, 7) is 0. The summed E-state index contributed by atoms with van der Waals surface area (Å²) in [5.41, 5.74) is 14.0. The maximum Gasteiger partial charge on any atom is 0.0541 e. The molecule has 2 aromatic heterocycles. The lowest BCUT2D eigenvalue weighted by molar-refractivity contribution is 1.17.